The molecule has 0 spiro atoms. The minimum Gasteiger partial charge on any atom is -0.326 e. The van der Waals surface area contributed by atoms with Crippen molar-refractivity contribution < 1.29 is 0 Å². The zero-order chi connectivity index (χ0) is 14.7. The number of nitrogens with zero attached hydrogens (tertiary/aromatic N) is 2. The molecule has 108 valence electrons. The highest BCUT2D eigenvalue weighted by molar-refractivity contribution is 7.99. The van der Waals surface area contributed by atoms with Gasteiger partial charge in [0.25, 0.3) is 0 Å². The van der Waals surface area contributed by atoms with Crippen molar-refractivity contribution in [3.05, 3.63) is 43.1 Å². The highest BCUT2D eigenvalue weighted by Gasteiger charge is 2.22. The van der Waals surface area contributed by atoms with Crippen LogP contribution in [0.3, 0.4) is 0 Å². The minimum atomic E-state index is -0.778. The number of rotatable bonds is 5. The third-order valence-corrected chi connectivity index (χ3v) is 5.07. The van der Waals surface area contributed by atoms with Gasteiger partial charge in [-0.05, 0) is 28.8 Å². The van der Waals surface area contributed by atoms with Crippen LogP contribution < -0.4 is 16.9 Å². The second kappa shape index (κ2) is 6.38. The van der Waals surface area contributed by atoms with Crippen LogP contribution in [0.2, 0.25) is 0 Å². The molecule has 2 atom stereocenters. The zero-order valence-electron chi connectivity index (χ0n) is 11.2. The SMILES string of the molecule is CCC(N)C(Sc1nc(=O)c(=O)[nH]n1C)c1ccsc1. The van der Waals surface area contributed by atoms with Crippen molar-refractivity contribution in [1.29, 1.82) is 0 Å². The van der Waals surface area contributed by atoms with Gasteiger partial charge in [0.1, 0.15) is 0 Å². The van der Waals surface area contributed by atoms with E-state index in [1.165, 1.54) is 16.4 Å². The first-order valence-corrected chi connectivity index (χ1v) is 7.96. The van der Waals surface area contributed by atoms with E-state index in [0.29, 0.717) is 5.16 Å². The van der Waals surface area contributed by atoms with E-state index in [2.05, 4.69) is 10.1 Å². The second-order valence-electron chi connectivity index (χ2n) is 4.37. The molecule has 2 aromatic heterocycles. The summed E-state index contributed by atoms with van der Waals surface area (Å²) in [6.07, 6.45) is 0.810. The quantitative estimate of drug-likeness (QED) is 0.637. The summed E-state index contributed by atoms with van der Waals surface area (Å²) in [6.45, 7) is 2.02. The Balaban J connectivity index is 2.36. The minimum absolute atomic E-state index is 0.00440. The van der Waals surface area contributed by atoms with Gasteiger partial charge in [0.2, 0.25) is 0 Å². The van der Waals surface area contributed by atoms with E-state index < -0.39 is 11.1 Å². The van der Waals surface area contributed by atoms with Crippen LogP contribution in [0.15, 0.2) is 31.6 Å². The van der Waals surface area contributed by atoms with Crippen molar-refractivity contribution in [2.45, 2.75) is 29.8 Å². The van der Waals surface area contributed by atoms with Crippen LogP contribution in [-0.4, -0.2) is 20.8 Å². The van der Waals surface area contributed by atoms with Crippen LogP contribution in [-0.2, 0) is 7.05 Å². The molecule has 2 aromatic rings. The summed E-state index contributed by atoms with van der Waals surface area (Å²) in [5.41, 5.74) is 5.78. The van der Waals surface area contributed by atoms with E-state index in [1.54, 1.807) is 18.4 Å². The zero-order valence-corrected chi connectivity index (χ0v) is 12.8. The van der Waals surface area contributed by atoms with Crippen LogP contribution in [0.5, 0.6) is 0 Å². The molecule has 0 amide bonds. The third kappa shape index (κ3) is 3.20. The summed E-state index contributed by atoms with van der Waals surface area (Å²) in [5, 5.41) is 6.92. The monoisotopic (exact) mass is 312 g/mol. The molecule has 2 heterocycles. The van der Waals surface area contributed by atoms with Gasteiger partial charge in [0, 0.05) is 13.1 Å². The number of nitrogens with two attached hydrogens (primary N) is 1. The molecule has 2 rings (SSSR count). The van der Waals surface area contributed by atoms with E-state index in [4.69, 9.17) is 5.73 Å². The van der Waals surface area contributed by atoms with Crippen LogP contribution in [0.1, 0.15) is 24.2 Å². The highest BCUT2D eigenvalue weighted by Crippen LogP contribution is 2.37. The van der Waals surface area contributed by atoms with E-state index >= 15 is 0 Å². The van der Waals surface area contributed by atoms with E-state index in [-0.39, 0.29) is 11.3 Å². The first-order valence-electron chi connectivity index (χ1n) is 6.14. The first kappa shape index (κ1) is 15.0. The number of hydrogen-bond acceptors (Lipinski definition) is 6. The summed E-state index contributed by atoms with van der Waals surface area (Å²) in [5.74, 6) is 0. The normalized spacial score (nSPS) is 14.2. The number of H-pyrrole nitrogens is 1. The molecule has 8 heteroatoms. The maximum atomic E-state index is 11.4. The smallest absolute Gasteiger partial charge is 0.326 e. The van der Waals surface area contributed by atoms with Gasteiger partial charge in [0.05, 0.1) is 5.25 Å². The lowest BCUT2D eigenvalue weighted by Gasteiger charge is -2.21. The summed E-state index contributed by atoms with van der Waals surface area (Å²) in [7, 11) is 1.65. The molecule has 0 bridgehead atoms. The molecule has 0 aliphatic rings. The molecule has 0 saturated heterocycles. The van der Waals surface area contributed by atoms with Crippen LogP contribution in [0, 0.1) is 0 Å². The lowest BCUT2D eigenvalue weighted by Crippen LogP contribution is -2.34. The first-order chi connectivity index (χ1) is 9.52. The molecule has 0 radical (unpaired) electrons. The topological polar surface area (TPSA) is 93.8 Å². The Hall–Kier alpha value is -1.38. The van der Waals surface area contributed by atoms with Gasteiger partial charge < -0.3 is 5.73 Å². The highest BCUT2D eigenvalue weighted by atomic mass is 32.2. The number of aromatic nitrogens is 3. The molecule has 0 aromatic carbocycles. The fraction of sp³-hybridized carbons (Fsp3) is 0.417. The van der Waals surface area contributed by atoms with Gasteiger partial charge in [-0.2, -0.15) is 16.3 Å². The number of thiophene rings is 1. The Kier molecular flexibility index (Phi) is 4.79. The molecule has 0 aliphatic heterocycles. The molecular formula is C12H16N4O2S2. The summed E-state index contributed by atoms with van der Waals surface area (Å²) >= 11 is 2.99. The third-order valence-electron chi connectivity index (χ3n) is 2.91. The molecule has 0 saturated carbocycles. The molecule has 6 nitrogen and oxygen atoms in total. The summed E-state index contributed by atoms with van der Waals surface area (Å²) in [6, 6.07) is 1.96. The lowest BCUT2D eigenvalue weighted by atomic mass is 10.1. The Bertz CT molecular complexity index is 678. The van der Waals surface area contributed by atoms with E-state index in [9.17, 15) is 9.59 Å². The summed E-state index contributed by atoms with van der Waals surface area (Å²) < 4.78 is 1.45. The van der Waals surface area contributed by atoms with E-state index in [1.807, 2.05) is 23.8 Å². The largest absolute Gasteiger partial charge is 0.339 e. The van der Waals surface area contributed by atoms with Gasteiger partial charge in [0.15, 0.2) is 5.16 Å². The average molecular weight is 312 g/mol. The molecule has 0 aliphatic carbocycles. The van der Waals surface area contributed by atoms with Crippen molar-refractivity contribution in [2.24, 2.45) is 12.8 Å². The average Bonchev–Trinajstić information content (AvgIpc) is 2.94. The predicted molar refractivity (Wildman–Crippen MR) is 81.3 cm³/mol. The Morgan fingerprint density at radius 1 is 1.55 bits per heavy atom. The van der Waals surface area contributed by atoms with Crippen LogP contribution in [0.25, 0.3) is 0 Å². The number of aryl methyl sites for hydroxylation is 1. The van der Waals surface area contributed by atoms with E-state index in [0.717, 1.165) is 12.0 Å². The van der Waals surface area contributed by atoms with Gasteiger partial charge in [-0.3, -0.25) is 19.4 Å². The number of hydrogen-bond donors (Lipinski definition) is 2. The molecule has 3 N–H and O–H groups in total. The Morgan fingerprint density at radius 3 is 2.90 bits per heavy atom. The molecular weight excluding hydrogens is 296 g/mol. The van der Waals surface area contributed by atoms with Crippen LogP contribution in [0.4, 0.5) is 0 Å². The molecule has 20 heavy (non-hydrogen) atoms. The standard InChI is InChI=1S/C12H16N4O2S2/c1-3-8(13)9(7-4-5-19-6-7)20-12-14-10(17)11(18)15-16(12)2/h4-6,8-9H,3,13H2,1-2H3,(H,15,18). The predicted octanol–water partition coefficient (Wildman–Crippen LogP) is 1.10. The van der Waals surface area contributed by atoms with Gasteiger partial charge in [-0.25, -0.2) is 0 Å². The lowest BCUT2D eigenvalue weighted by molar-refractivity contribution is 0.586. The maximum Gasteiger partial charge on any atom is 0.339 e. The van der Waals surface area contributed by atoms with Gasteiger partial charge in [-0.15, -0.1) is 0 Å². The summed E-state index contributed by atoms with van der Waals surface area (Å²) in [4.78, 5) is 26.4. The van der Waals surface area contributed by atoms with Crippen molar-refractivity contribution >= 4 is 23.1 Å². The number of nitrogens with one attached hydrogen (secondary N) is 1. The number of thioether (sulfide) groups is 1. The second-order valence-corrected chi connectivity index (χ2v) is 6.26. The molecule has 0 fully saturated rings. The van der Waals surface area contributed by atoms with Crippen molar-refractivity contribution in [2.75, 3.05) is 0 Å². The van der Waals surface area contributed by atoms with Gasteiger partial charge in [-0.1, -0.05) is 18.7 Å². The van der Waals surface area contributed by atoms with Crippen molar-refractivity contribution in [3.63, 3.8) is 0 Å². The van der Waals surface area contributed by atoms with Crippen molar-refractivity contribution in [3.8, 4) is 0 Å². The van der Waals surface area contributed by atoms with Crippen LogP contribution >= 0.6 is 23.1 Å². The van der Waals surface area contributed by atoms with Gasteiger partial charge >= 0.3 is 11.1 Å². The Labute approximate surface area is 124 Å². The maximum absolute atomic E-state index is 11.4. The Morgan fingerprint density at radius 2 is 2.30 bits per heavy atom. The fourth-order valence-electron chi connectivity index (χ4n) is 1.73. The van der Waals surface area contributed by atoms with Crippen molar-refractivity contribution in [1.82, 2.24) is 14.8 Å². The fourth-order valence-corrected chi connectivity index (χ4v) is 3.73. The number of aromatic amines is 1. The molecule has 2 unspecified atom stereocenters.